The minimum absolute atomic E-state index is 0.180. The van der Waals surface area contributed by atoms with Crippen molar-refractivity contribution in [2.24, 2.45) is 0 Å². The van der Waals surface area contributed by atoms with Crippen molar-refractivity contribution in [3.63, 3.8) is 0 Å². The van der Waals surface area contributed by atoms with Crippen LogP contribution >= 0.6 is 22.9 Å². The summed E-state index contributed by atoms with van der Waals surface area (Å²) in [5, 5.41) is 11.2. The van der Waals surface area contributed by atoms with Crippen LogP contribution in [0.5, 0.6) is 5.75 Å². The number of aromatic amines is 1. The predicted molar refractivity (Wildman–Crippen MR) is 132 cm³/mol. The Balaban J connectivity index is 1.56. The van der Waals surface area contributed by atoms with Crippen molar-refractivity contribution in [1.29, 1.82) is 0 Å². The van der Waals surface area contributed by atoms with Crippen molar-refractivity contribution in [3.05, 3.63) is 80.1 Å². The van der Waals surface area contributed by atoms with Crippen molar-refractivity contribution >= 4 is 28.8 Å². The number of benzene rings is 1. The van der Waals surface area contributed by atoms with Gasteiger partial charge in [0.25, 0.3) is 11.5 Å². The Labute approximate surface area is 204 Å². The average molecular weight is 499 g/mol. The Morgan fingerprint density at radius 2 is 2.12 bits per heavy atom. The summed E-state index contributed by atoms with van der Waals surface area (Å²) in [6.07, 6.45) is 3.32. The van der Waals surface area contributed by atoms with E-state index < -0.39 is 0 Å². The lowest BCUT2D eigenvalue weighted by Gasteiger charge is -2.15. The van der Waals surface area contributed by atoms with E-state index in [9.17, 15) is 9.59 Å². The van der Waals surface area contributed by atoms with Crippen molar-refractivity contribution in [3.8, 4) is 22.6 Å². The summed E-state index contributed by atoms with van der Waals surface area (Å²) in [4.78, 5) is 29.8. The lowest BCUT2D eigenvalue weighted by Crippen LogP contribution is -2.21. The van der Waals surface area contributed by atoms with E-state index in [1.54, 1.807) is 41.3 Å². The van der Waals surface area contributed by atoms with Gasteiger partial charge in [-0.15, -0.1) is 16.4 Å². The van der Waals surface area contributed by atoms with Crippen molar-refractivity contribution in [2.75, 3.05) is 27.2 Å². The van der Waals surface area contributed by atoms with Gasteiger partial charge in [0.2, 0.25) is 0 Å². The van der Waals surface area contributed by atoms with Crippen LogP contribution in [0.25, 0.3) is 16.8 Å². The van der Waals surface area contributed by atoms with Gasteiger partial charge in [0.05, 0.1) is 22.0 Å². The Kier molecular flexibility index (Phi) is 7.41. The zero-order valence-corrected chi connectivity index (χ0v) is 20.2. The molecule has 4 aromatic rings. The number of nitrogens with one attached hydrogen (secondary N) is 2. The second-order valence-corrected chi connectivity index (χ2v) is 9.40. The molecule has 11 heteroatoms. The number of hydrogen-bond acceptors (Lipinski definition) is 7. The van der Waals surface area contributed by atoms with E-state index in [0.717, 1.165) is 12.1 Å². The first-order valence-electron chi connectivity index (χ1n) is 10.5. The third-order valence-electron chi connectivity index (χ3n) is 4.90. The number of pyridine rings is 1. The highest BCUT2D eigenvalue weighted by atomic mass is 35.5. The van der Waals surface area contributed by atoms with Gasteiger partial charge in [0, 0.05) is 18.3 Å². The molecule has 0 saturated carbocycles. The number of ether oxygens (including phenoxy) is 1. The number of aromatic nitrogens is 4. The maximum absolute atomic E-state index is 12.3. The molecule has 2 N–H and O–H groups in total. The van der Waals surface area contributed by atoms with E-state index in [-0.39, 0.29) is 18.0 Å². The van der Waals surface area contributed by atoms with E-state index in [4.69, 9.17) is 16.3 Å². The SMILES string of the molecule is CN(C)CCOc1cc(-c2ccc[nH]c2=O)ccc1-n1cc(CNC(=O)c2ccc(Cl)s2)nn1. The second-order valence-electron chi connectivity index (χ2n) is 7.69. The van der Waals surface area contributed by atoms with Crippen LogP contribution in [0.2, 0.25) is 4.34 Å². The zero-order valence-electron chi connectivity index (χ0n) is 18.6. The number of hydrogen-bond donors (Lipinski definition) is 2. The number of thiophene rings is 1. The molecule has 9 nitrogen and oxygen atoms in total. The first-order chi connectivity index (χ1) is 16.4. The van der Waals surface area contributed by atoms with Crippen LogP contribution in [0.4, 0.5) is 0 Å². The molecule has 0 radical (unpaired) electrons. The van der Waals surface area contributed by atoms with Gasteiger partial charge in [0.1, 0.15) is 23.7 Å². The van der Waals surface area contributed by atoms with E-state index in [0.29, 0.717) is 38.5 Å². The molecule has 0 aliphatic heterocycles. The lowest BCUT2D eigenvalue weighted by atomic mass is 10.1. The predicted octanol–water partition coefficient (Wildman–Crippen LogP) is 3.21. The number of carbonyl (C=O) groups excluding carboxylic acids is 1. The molecule has 0 spiro atoms. The fourth-order valence-electron chi connectivity index (χ4n) is 3.17. The van der Waals surface area contributed by atoms with Crippen molar-refractivity contribution < 1.29 is 9.53 Å². The molecule has 0 saturated heterocycles. The molecule has 1 aromatic carbocycles. The van der Waals surface area contributed by atoms with Gasteiger partial charge in [0.15, 0.2) is 0 Å². The lowest BCUT2D eigenvalue weighted by molar-refractivity contribution is 0.0954. The number of likely N-dealkylation sites (N-methyl/N-ethyl adjacent to an activating group) is 1. The van der Waals surface area contributed by atoms with E-state index in [1.165, 1.54) is 11.3 Å². The average Bonchev–Trinajstić information content (AvgIpc) is 3.47. The van der Waals surface area contributed by atoms with Crippen molar-refractivity contribution in [2.45, 2.75) is 6.54 Å². The molecule has 3 aromatic heterocycles. The third-order valence-corrected chi connectivity index (χ3v) is 6.13. The van der Waals surface area contributed by atoms with Crippen LogP contribution in [0, 0.1) is 0 Å². The standard InChI is InChI=1S/C23H23ClN6O3S/c1-29(2)10-11-33-19-12-15(17-4-3-9-25-22(17)31)5-6-18(19)30-14-16(27-28-30)13-26-23(32)20-7-8-21(24)34-20/h3-9,12,14H,10-11,13H2,1-2H3,(H,25,31)(H,26,32). The van der Waals surface area contributed by atoms with Gasteiger partial charge in [-0.3, -0.25) is 9.59 Å². The van der Waals surface area contributed by atoms with Gasteiger partial charge >= 0.3 is 0 Å². The zero-order chi connectivity index (χ0) is 24.1. The van der Waals surface area contributed by atoms with Crippen LogP contribution < -0.4 is 15.6 Å². The summed E-state index contributed by atoms with van der Waals surface area (Å²) in [7, 11) is 3.93. The molecule has 3 heterocycles. The Hall–Kier alpha value is -3.47. The Bertz CT molecular complexity index is 1350. The molecule has 34 heavy (non-hydrogen) atoms. The minimum Gasteiger partial charge on any atom is -0.490 e. The molecular weight excluding hydrogens is 476 g/mol. The fraction of sp³-hybridized carbons (Fsp3) is 0.217. The maximum Gasteiger partial charge on any atom is 0.261 e. The first kappa shape index (κ1) is 23.7. The van der Waals surface area contributed by atoms with Gasteiger partial charge in [-0.2, -0.15) is 0 Å². The topological polar surface area (TPSA) is 105 Å². The van der Waals surface area contributed by atoms with Crippen LogP contribution in [-0.2, 0) is 6.54 Å². The minimum atomic E-state index is -0.225. The van der Waals surface area contributed by atoms with Crippen LogP contribution in [0.3, 0.4) is 0 Å². The van der Waals surface area contributed by atoms with Gasteiger partial charge in [-0.05, 0) is 56.1 Å². The van der Waals surface area contributed by atoms with E-state index in [2.05, 4.69) is 20.6 Å². The van der Waals surface area contributed by atoms with E-state index in [1.807, 2.05) is 37.2 Å². The van der Waals surface area contributed by atoms with Crippen LogP contribution in [-0.4, -0.2) is 58.0 Å². The largest absolute Gasteiger partial charge is 0.490 e. The smallest absolute Gasteiger partial charge is 0.261 e. The summed E-state index contributed by atoms with van der Waals surface area (Å²) in [5.41, 5.74) is 2.35. The molecule has 0 atom stereocenters. The maximum atomic E-state index is 12.3. The molecule has 176 valence electrons. The van der Waals surface area contributed by atoms with Gasteiger partial charge in [-0.25, -0.2) is 4.68 Å². The monoisotopic (exact) mass is 498 g/mol. The quantitative estimate of drug-likeness (QED) is 0.367. The summed E-state index contributed by atoms with van der Waals surface area (Å²) < 4.78 is 8.19. The first-order valence-corrected chi connectivity index (χ1v) is 11.6. The highest BCUT2D eigenvalue weighted by Gasteiger charge is 2.14. The molecular formula is C23H23ClN6O3S. The Morgan fingerprint density at radius 3 is 2.85 bits per heavy atom. The number of nitrogens with zero attached hydrogens (tertiary/aromatic N) is 4. The third kappa shape index (κ3) is 5.71. The highest BCUT2D eigenvalue weighted by Crippen LogP contribution is 2.28. The number of H-pyrrole nitrogens is 1. The summed E-state index contributed by atoms with van der Waals surface area (Å²) >= 11 is 7.11. The van der Waals surface area contributed by atoms with E-state index >= 15 is 0 Å². The van der Waals surface area contributed by atoms with Gasteiger partial charge in [-0.1, -0.05) is 22.9 Å². The second kappa shape index (κ2) is 10.6. The number of rotatable bonds is 9. The molecule has 0 aliphatic rings. The molecule has 4 rings (SSSR count). The summed E-state index contributed by atoms with van der Waals surface area (Å²) in [6.45, 7) is 1.38. The normalized spacial score (nSPS) is 11.1. The summed E-state index contributed by atoms with van der Waals surface area (Å²) in [6, 6.07) is 12.4. The summed E-state index contributed by atoms with van der Waals surface area (Å²) in [5.74, 6) is 0.341. The van der Waals surface area contributed by atoms with Crippen molar-refractivity contribution in [1.82, 2.24) is 30.2 Å². The Morgan fingerprint density at radius 1 is 1.26 bits per heavy atom. The van der Waals surface area contributed by atoms with Gasteiger partial charge < -0.3 is 19.9 Å². The number of carbonyl (C=O) groups is 1. The molecule has 1 amide bonds. The van der Waals surface area contributed by atoms with Crippen LogP contribution in [0.1, 0.15) is 15.4 Å². The highest BCUT2D eigenvalue weighted by molar-refractivity contribution is 7.17. The van der Waals surface area contributed by atoms with Crippen LogP contribution in [0.15, 0.2) is 59.7 Å². The molecule has 0 fully saturated rings. The molecule has 0 aliphatic carbocycles. The number of halogens is 1. The molecule has 0 bridgehead atoms. The fourth-order valence-corrected chi connectivity index (χ4v) is 4.12. The molecule has 0 unspecified atom stereocenters. The number of amides is 1.